The number of carbonyl (C=O) groups is 1. The molecule has 4 heterocycles. The van der Waals surface area contributed by atoms with Gasteiger partial charge in [0, 0.05) is 54.8 Å². The summed E-state index contributed by atoms with van der Waals surface area (Å²) in [6.45, 7) is 11.0. The number of aromatic amines is 1. The molecule has 1 amide bonds. The van der Waals surface area contributed by atoms with Crippen LogP contribution in [0.5, 0.6) is 5.75 Å². The second kappa shape index (κ2) is 10.7. The van der Waals surface area contributed by atoms with E-state index in [2.05, 4.69) is 39.1 Å². The fraction of sp³-hybridized carbons (Fsp3) is 0.394. The zero-order valence-corrected chi connectivity index (χ0v) is 24.6. The topological polar surface area (TPSA) is 107 Å². The van der Waals surface area contributed by atoms with Crippen LogP contribution >= 0.6 is 0 Å². The molecule has 0 aliphatic carbocycles. The SMILES string of the molecule is Cc1ccc2[nH]ncc2c1-c1cc(OCc2ccccn2)cc(N2CCC3(CC2)CN(C(=O)OC(C)(C)C)C3)c1C#N. The van der Waals surface area contributed by atoms with Gasteiger partial charge < -0.3 is 19.3 Å². The number of likely N-dealkylation sites (tertiary alicyclic amines) is 1. The van der Waals surface area contributed by atoms with E-state index >= 15 is 0 Å². The van der Waals surface area contributed by atoms with Crippen LogP contribution in [0.25, 0.3) is 22.0 Å². The molecule has 42 heavy (non-hydrogen) atoms. The summed E-state index contributed by atoms with van der Waals surface area (Å²) in [5.74, 6) is 0.685. The predicted molar refractivity (Wildman–Crippen MR) is 161 cm³/mol. The van der Waals surface area contributed by atoms with E-state index < -0.39 is 5.60 Å². The third kappa shape index (κ3) is 5.37. The Hall–Kier alpha value is -4.58. The number of anilines is 1. The number of nitriles is 1. The second-order valence-electron chi connectivity index (χ2n) is 12.5. The first-order valence-corrected chi connectivity index (χ1v) is 14.4. The Morgan fingerprint density at radius 1 is 1.14 bits per heavy atom. The molecule has 0 bridgehead atoms. The molecule has 0 atom stereocenters. The quantitative estimate of drug-likeness (QED) is 0.307. The highest BCUT2D eigenvalue weighted by atomic mass is 16.6. The number of benzene rings is 2. The van der Waals surface area contributed by atoms with Gasteiger partial charge in [0.15, 0.2) is 0 Å². The van der Waals surface area contributed by atoms with Gasteiger partial charge in [-0.25, -0.2) is 4.79 Å². The maximum absolute atomic E-state index is 12.5. The molecule has 9 heteroatoms. The van der Waals surface area contributed by atoms with Crippen molar-refractivity contribution >= 4 is 22.7 Å². The van der Waals surface area contributed by atoms with Crippen molar-refractivity contribution in [1.29, 1.82) is 5.26 Å². The third-order valence-electron chi connectivity index (χ3n) is 8.29. The summed E-state index contributed by atoms with van der Waals surface area (Å²) in [5.41, 5.74) is 5.69. The number of nitrogens with zero attached hydrogens (tertiary/aromatic N) is 5. The molecule has 2 aromatic carbocycles. The zero-order chi connectivity index (χ0) is 29.5. The van der Waals surface area contributed by atoms with Crippen LogP contribution in [-0.2, 0) is 11.3 Å². The summed E-state index contributed by atoms with van der Waals surface area (Å²) in [5, 5.41) is 18.8. The van der Waals surface area contributed by atoms with E-state index in [-0.39, 0.29) is 11.5 Å². The molecule has 2 aliphatic rings. The van der Waals surface area contributed by atoms with E-state index in [0.717, 1.165) is 64.9 Å². The highest BCUT2D eigenvalue weighted by Crippen LogP contribution is 2.45. The molecule has 0 unspecified atom stereocenters. The Morgan fingerprint density at radius 2 is 1.93 bits per heavy atom. The Morgan fingerprint density at radius 3 is 2.62 bits per heavy atom. The van der Waals surface area contributed by atoms with Crippen molar-refractivity contribution in [2.45, 2.75) is 52.7 Å². The number of piperidine rings is 1. The van der Waals surface area contributed by atoms with Crippen molar-refractivity contribution < 1.29 is 14.3 Å². The van der Waals surface area contributed by atoms with Gasteiger partial charge in [0.25, 0.3) is 0 Å². The van der Waals surface area contributed by atoms with Crippen molar-refractivity contribution in [2.24, 2.45) is 5.41 Å². The molecular formula is C33H36N6O3. The van der Waals surface area contributed by atoms with Crippen molar-refractivity contribution in [3.05, 3.63) is 71.7 Å². The molecule has 1 N–H and O–H groups in total. The molecular weight excluding hydrogens is 528 g/mol. The van der Waals surface area contributed by atoms with E-state index in [0.29, 0.717) is 31.0 Å². The molecule has 0 saturated carbocycles. The Kier molecular flexibility index (Phi) is 7.01. The summed E-state index contributed by atoms with van der Waals surface area (Å²) in [4.78, 5) is 21.0. The van der Waals surface area contributed by atoms with Crippen LogP contribution in [0, 0.1) is 23.7 Å². The number of aryl methyl sites for hydroxylation is 1. The average molecular weight is 565 g/mol. The summed E-state index contributed by atoms with van der Waals surface area (Å²) < 4.78 is 11.9. The van der Waals surface area contributed by atoms with E-state index in [1.165, 1.54) is 0 Å². The number of nitrogens with one attached hydrogen (secondary N) is 1. The molecule has 6 rings (SSSR count). The number of pyridine rings is 1. The molecule has 9 nitrogen and oxygen atoms in total. The van der Waals surface area contributed by atoms with E-state index in [1.54, 1.807) is 11.1 Å². The Bertz CT molecular complexity index is 1650. The summed E-state index contributed by atoms with van der Waals surface area (Å²) >= 11 is 0. The number of carbonyl (C=O) groups excluding carboxylic acids is 1. The number of H-pyrrole nitrogens is 1. The summed E-state index contributed by atoms with van der Waals surface area (Å²) in [6.07, 6.45) is 5.19. The molecule has 1 spiro atoms. The van der Waals surface area contributed by atoms with E-state index in [9.17, 15) is 10.1 Å². The molecule has 0 radical (unpaired) electrons. The largest absolute Gasteiger partial charge is 0.487 e. The number of ether oxygens (including phenoxy) is 2. The molecule has 2 aromatic heterocycles. The molecule has 4 aromatic rings. The number of aromatic nitrogens is 3. The van der Waals surface area contributed by atoms with Gasteiger partial charge in [-0.05, 0) is 75.9 Å². The number of rotatable bonds is 5. The first kappa shape index (κ1) is 27.6. The van der Waals surface area contributed by atoms with Crippen molar-refractivity contribution in [2.75, 3.05) is 31.1 Å². The second-order valence-corrected chi connectivity index (χ2v) is 12.5. The van der Waals surface area contributed by atoms with Gasteiger partial charge in [-0.3, -0.25) is 10.1 Å². The molecule has 2 fully saturated rings. The van der Waals surface area contributed by atoms with E-state index in [1.807, 2.05) is 63.4 Å². The van der Waals surface area contributed by atoms with Gasteiger partial charge in [0.2, 0.25) is 0 Å². The number of hydrogen-bond donors (Lipinski definition) is 1. The van der Waals surface area contributed by atoms with Crippen LogP contribution in [-0.4, -0.2) is 58.0 Å². The lowest BCUT2D eigenvalue weighted by atomic mass is 9.72. The van der Waals surface area contributed by atoms with Crippen LogP contribution in [0.3, 0.4) is 0 Å². The van der Waals surface area contributed by atoms with Crippen molar-refractivity contribution in [3.8, 4) is 22.9 Å². The molecule has 2 saturated heterocycles. The fourth-order valence-electron chi connectivity index (χ4n) is 6.13. The van der Waals surface area contributed by atoms with E-state index in [4.69, 9.17) is 9.47 Å². The smallest absolute Gasteiger partial charge is 0.410 e. The predicted octanol–water partition coefficient (Wildman–Crippen LogP) is 6.22. The van der Waals surface area contributed by atoms with Crippen LogP contribution in [0.4, 0.5) is 10.5 Å². The standard InChI is InChI=1S/C33H36N6O3/c1-22-8-9-28-27(18-36-37-28)30(22)25-15-24(41-19-23-7-5-6-12-35-23)16-29(26(25)17-34)38-13-10-33(11-14-38)20-39(21-33)31(40)42-32(2,3)4/h5-9,12,15-16,18H,10-11,13-14,19-21H2,1-4H3,(H,36,37). The summed E-state index contributed by atoms with van der Waals surface area (Å²) in [6, 6.07) is 16.3. The Labute approximate surface area is 246 Å². The Balaban J connectivity index is 1.30. The van der Waals surface area contributed by atoms with Crippen molar-refractivity contribution in [3.63, 3.8) is 0 Å². The number of fused-ring (bicyclic) bond motifs is 1. The van der Waals surface area contributed by atoms with Crippen LogP contribution in [0.15, 0.2) is 54.9 Å². The van der Waals surface area contributed by atoms with Crippen LogP contribution in [0.2, 0.25) is 0 Å². The third-order valence-corrected chi connectivity index (χ3v) is 8.29. The lowest BCUT2D eigenvalue weighted by molar-refractivity contribution is -0.0434. The first-order valence-electron chi connectivity index (χ1n) is 14.4. The van der Waals surface area contributed by atoms with Gasteiger partial charge in [0.05, 0.1) is 28.7 Å². The van der Waals surface area contributed by atoms with Gasteiger partial charge >= 0.3 is 6.09 Å². The summed E-state index contributed by atoms with van der Waals surface area (Å²) in [7, 11) is 0. The minimum atomic E-state index is -0.503. The van der Waals surface area contributed by atoms with Gasteiger partial charge in [-0.2, -0.15) is 10.4 Å². The van der Waals surface area contributed by atoms with Crippen molar-refractivity contribution in [1.82, 2.24) is 20.1 Å². The normalized spacial score (nSPS) is 16.3. The van der Waals surface area contributed by atoms with Gasteiger partial charge in [-0.15, -0.1) is 0 Å². The zero-order valence-electron chi connectivity index (χ0n) is 24.6. The maximum atomic E-state index is 12.5. The van der Waals surface area contributed by atoms with Gasteiger partial charge in [-0.1, -0.05) is 12.1 Å². The highest BCUT2D eigenvalue weighted by molar-refractivity contribution is 5.99. The maximum Gasteiger partial charge on any atom is 0.410 e. The molecule has 2 aliphatic heterocycles. The van der Waals surface area contributed by atoms with Crippen LogP contribution < -0.4 is 9.64 Å². The highest BCUT2D eigenvalue weighted by Gasteiger charge is 2.48. The van der Waals surface area contributed by atoms with Crippen LogP contribution in [0.1, 0.15) is 50.4 Å². The minimum Gasteiger partial charge on any atom is -0.487 e. The van der Waals surface area contributed by atoms with Gasteiger partial charge in [0.1, 0.15) is 24.0 Å². The number of hydrogen-bond acceptors (Lipinski definition) is 7. The monoisotopic (exact) mass is 564 g/mol. The lowest BCUT2D eigenvalue weighted by Crippen LogP contribution is -2.62. The fourth-order valence-corrected chi connectivity index (χ4v) is 6.13. The lowest BCUT2D eigenvalue weighted by Gasteiger charge is -2.54. The number of amides is 1. The molecule has 216 valence electrons. The minimum absolute atomic E-state index is 0.0924. The average Bonchev–Trinajstić information content (AvgIpc) is 3.43. The first-order chi connectivity index (χ1) is 20.1.